The molecule has 0 heterocycles. The Hall–Kier alpha value is -0.890. The Labute approximate surface area is 83.6 Å². The molecular formula is C12H15FO. The van der Waals surface area contributed by atoms with E-state index in [1.807, 2.05) is 0 Å². The van der Waals surface area contributed by atoms with Gasteiger partial charge in [0, 0.05) is 0 Å². The smallest absolute Gasteiger partial charge is 0.123 e. The molecule has 1 aromatic rings. The summed E-state index contributed by atoms with van der Waals surface area (Å²) >= 11 is 0. The van der Waals surface area contributed by atoms with Crippen LogP contribution in [-0.2, 0) is 0 Å². The molecule has 1 fully saturated rings. The maximum absolute atomic E-state index is 12.6. The number of hydrogen-bond donors (Lipinski definition) is 1. The summed E-state index contributed by atoms with van der Waals surface area (Å²) in [7, 11) is 0. The van der Waals surface area contributed by atoms with Crippen LogP contribution in [0.5, 0.6) is 0 Å². The Kier molecular flexibility index (Phi) is 2.82. The Morgan fingerprint density at radius 1 is 1.14 bits per heavy atom. The van der Waals surface area contributed by atoms with E-state index in [1.165, 1.54) is 25.0 Å². The molecule has 2 heteroatoms. The predicted molar refractivity (Wildman–Crippen MR) is 53.3 cm³/mol. The van der Waals surface area contributed by atoms with E-state index in [-0.39, 0.29) is 5.82 Å². The maximum atomic E-state index is 12.6. The van der Waals surface area contributed by atoms with Gasteiger partial charge in [0.1, 0.15) is 5.82 Å². The third-order valence-electron chi connectivity index (χ3n) is 3.06. The van der Waals surface area contributed by atoms with Gasteiger partial charge in [-0.1, -0.05) is 25.0 Å². The van der Waals surface area contributed by atoms with Gasteiger partial charge in [-0.2, -0.15) is 0 Å². The van der Waals surface area contributed by atoms with Gasteiger partial charge in [-0.25, -0.2) is 4.39 Å². The van der Waals surface area contributed by atoms with Crippen LogP contribution in [0, 0.1) is 11.7 Å². The number of aliphatic hydroxyl groups excluding tert-OH is 1. The zero-order valence-corrected chi connectivity index (χ0v) is 8.12. The van der Waals surface area contributed by atoms with Crippen molar-refractivity contribution >= 4 is 0 Å². The minimum Gasteiger partial charge on any atom is -0.388 e. The molecule has 1 atom stereocenters. The van der Waals surface area contributed by atoms with E-state index in [1.54, 1.807) is 12.1 Å². The monoisotopic (exact) mass is 194 g/mol. The van der Waals surface area contributed by atoms with Crippen molar-refractivity contribution in [2.75, 3.05) is 0 Å². The van der Waals surface area contributed by atoms with E-state index in [2.05, 4.69) is 0 Å². The summed E-state index contributed by atoms with van der Waals surface area (Å²) in [6.07, 6.45) is 4.21. The van der Waals surface area contributed by atoms with Crippen LogP contribution in [0.25, 0.3) is 0 Å². The first-order valence-corrected chi connectivity index (χ1v) is 5.21. The minimum atomic E-state index is -0.405. The Balaban J connectivity index is 2.09. The topological polar surface area (TPSA) is 20.2 Å². The normalized spacial score (nSPS) is 19.9. The Morgan fingerprint density at radius 3 is 2.29 bits per heavy atom. The summed E-state index contributed by atoms with van der Waals surface area (Å²) in [5.41, 5.74) is 0.846. The standard InChI is InChI=1S/C12H15FO/c13-11-7-5-10(6-8-11)12(14)9-3-1-2-4-9/h5-9,12,14H,1-4H2/t12-/m0/s1. The molecular weight excluding hydrogens is 179 g/mol. The summed E-state index contributed by atoms with van der Waals surface area (Å²) in [6, 6.07) is 6.18. The van der Waals surface area contributed by atoms with Crippen molar-refractivity contribution in [3.05, 3.63) is 35.6 Å². The summed E-state index contributed by atoms with van der Waals surface area (Å²) < 4.78 is 12.6. The lowest BCUT2D eigenvalue weighted by Gasteiger charge is -2.17. The molecule has 1 saturated carbocycles. The van der Waals surface area contributed by atoms with E-state index < -0.39 is 6.10 Å². The van der Waals surface area contributed by atoms with Gasteiger partial charge in [-0.15, -0.1) is 0 Å². The molecule has 76 valence electrons. The highest BCUT2D eigenvalue weighted by Crippen LogP contribution is 2.35. The highest BCUT2D eigenvalue weighted by molar-refractivity contribution is 5.19. The number of aliphatic hydroxyl groups is 1. The van der Waals surface area contributed by atoms with Crippen LogP contribution < -0.4 is 0 Å². The molecule has 0 bridgehead atoms. The molecule has 14 heavy (non-hydrogen) atoms. The fourth-order valence-electron chi connectivity index (χ4n) is 2.21. The highest BCUT2D eigenvalue weighted by Gasteiger charge is 2.24. The fraction of sp³-hybridized carbons (Fsp3) is 0.500. The Bertz CT molecular complexity index is 288. The molecule has 0 spiro atoms. The van der Waals surface area contributed by atoms with E-state index in [0.717, 1.165) is 18.4 Å². The molecule has 2 rings (SSSR count). The van der Waals surface area contributed by atoms with Crippen molar-refractivity contribution in [1.29, 1.82) is 0 Å². The quantitative estimate of drug-likeness (QED) is 0.767. The van der Waals surface area contributed by atoms with Crippen LogP contribution in [0.4, 0.5) is 4.39 Å². The van der Waals surface area contributed by atoms with Crippen molar-refractivity contribution in [3.63, 3.8) is 0 Å². The zero-order valence-electron chi connectivity index (χ0n) is 8.12. The lowest BCUT2D eigenvalue weighted by molar-refractivity contribution is 0.111. The second kappa shape index (κ2) is 4.09. The van der Waals surface area contributed by atoms with E-state index in [9.17, 15) is 9.50 Å². The average molecular weight is 194 g/mol. The van der Waals surface area contributed by atoms with E-state index in [0.29, 0.717) is 5.92 Å². The van der Waals surface area contributed by atoms with Crippen LogP contribution in [-0.4, -0.2) is 5.11 Å². The maximum Gasteiger partial charge on any atom is 0.123 e. The van der Waals surface area contributed by atoms with Gasteiger partial charge in [-0.05, 0) is 36.5 Å². The van der Waals surface area contributed by atoms with Crippen LogP contribution in [0.15, 0.2) is 24.3 Å². The third kappa shape index (κ3) is 1.95. The Morgan fingerprint density at radius 2 is 1.71 bits per heavy atom. The van der Waals surface area contributed by atoms with Gasteiger partial charge >= 0.3 is 0 Å². The van der Waals surface area contributed by atoms with Gasteiger partial charge in [0.05, 0.1) is 6.10 Å². The summed E-state index contributed by atoms with van der Waals surface area (Å²) in [5, 5.41) is 9.99. The molecule has 0 aliphatic heterocycles. The zero-order chi connectivity index (χ0) is 9.97. The number of hydrogen-bond acceptors (Lipinski definition) is 1. The molecule has 1 aliphatic rings. The van der Waals surface area contributed by atoms with Gasteiger partial charge in [0.2, 0.25) is 0 Å². The van der Waals surface area contributed by atoms with Crippen molar-refractivity contribution in [2.45, 2.75) is 31.8 Å². The van der Waals surface area contributed by atoms with Gasteiger partial charge < -0.3 is 5.11 Å². The van der Waals surface area contributed by atoms with Crippen molar-refractivity contribution in [2.24, 2.45) is 5.92 Å². The summed E-state index contributed by atoms with van der Waals surface area (Å²) in [6.45, 7) is 0. The van der Waals surface area contributed by atoms with Crippen molar-refractivity contribution in [3.8, 4) is 0 Å². The van der Waals surface area contributed by atoms with Gasteiger partial charge in [-0.3, -0.25) is 0 Å². The SMILES string of the molecule is O[C@H](c1ccc(F)cc1)C1CCCC1. The molecule has 0 aromatic heterocycles. The second-order valence-corrected chi connectivity index (χ2v) is 4.04. The van der Waals surface area contributed by atoms with Crippen molar-refractivity contribution < 1.29 is 9.50 Å². The predicted octanol–water partition coefficient (Wildman–Crippen LogP) is 3.05. The molecule has 1 aliphatic carbocycles. The molecule has 0 saturated heterocycles. The highest BCUT2D eigenvalue weighted by atomic mass is 19.1. The molecule has 1 nitrogen and oxygen atoms in total. The largest absolute Gasteiger partial charge is 0.388 e. The van der Waals surface area contributed by atoms with Crippen LogP contribution in [0.1, 0.15) is 37.4 Å². The average Bonchev–Trinajstić information content (AvgIpc) is 2.71. The minimum absolute atomic E-state index is 0.243. The summed E-state index contributed by atoms with van der Waals surface area (Å²) in [5.74, 6) is 0.132. The van der Waals surface area contributed by atoms with Gasteiger partial charge in [0.25, 0.3) is 0 Å². The molecule has 1 N–H and O–H groups in total. The van der Waals surface area contributed by atoms with E-state index in [4.69, 9.17) is 0 Å². The van der Waals surface area contributed by atoms with Crippen LogP contribution in [0.3, 0.4) is 0 Å². The fourth-order valence-corrected chi connectivity index (χ4v) is 2.21. The first-order chi connectivity index (χ1) is 6.77. The van der Waals surface area contributed by atoms with Crippen LogP contribution in [0.2, 0.25) is 0 Å². The lowest BCUT2D eigenvalue weighted by atomic mass is 9.94. The second-order valence-electron chi connectivity index (χ2n) is 4.04. The van der Waals surface area contributed by atoms with Crippen LogP contribution >= 0.6 is 0 Å². The number of rotatable bonds is 2. The molecule has 0 unspecified atom stereocenters. The van der Waals surface area contributed by atoms with Gasteiger partial charge in [0.15, 0.2) is 0 Å². The van der Waals surface area contributed by atoms with Crippen molar-refractivity contribution in [1.82, 2.24) is 0 Å². The molecule has 0 amide bonds. The lowest BCUT2D eigenvalue weighted by Crippen LogP contribution is -2.08. The molecule has 0 radical (unpaired) electrons. The first kappa shape index (κ1) is 9.66. The summed E-state index contributed by atoms with van der Waals surface area (Å²) in [4.78, 5) is 0. The molecule has 1 aromatic carbocycles. The third-order valence-corrected chi connectivity index (χ3v) is 3.06. The first-order valence-electron chi connectivity index (χ1n) is 5.21. The number of halogens is 1. The number of benzene rings is 1. The van der Waals surface area contributed by atoms with E-state index >= 15 is 0 Å².